The third-order valence-electron chi connectivity index (χ3n) is 4.52. The Balaban J connectivity index is 1.81. The zero-order valence-electron chi connectivity index (χ0n) is 16.2. The second-order valence-electron chi connectivity index (χ2n) is 6.28. The normalized spacial score (nSPS) is 13.2. The lowest BCUT2D eigenvalue weighted by Crippen LogP contribution is -2.29. The molecule has 8 nitrogen and oxygen atoms in total. The van der Waals surface area contributed by atoms with Crippen LogP contribution in [-0.2, 0) is 0 Å². The Labute approximate surface area is 163 Å². The van der Waals surface area contributed by atoms with Crippen molar-refractivity contribution in [3.8, 4) is 17.2 Å². The summed E-state index contributed by atoms with van der Waals surface area (Å²) in [7, 11) is 4.50. The number of anilines is 1. The number of amides is 2. The Kier molecular flexibility index (Phi) is 5.98. The van der Waals surface area contributed by atoms with Crippen LogP contribution in [0.1, 0.15) is 33.8 Å². The van der Waals surface area contributed by atoms with Crippen molar-refractivity contribution in [2.45, 2.75) is 12.8 Å². The van der Waals surface area contributed by atoms with Gasteiger partial charge in [0.2, 0.25) is 5.75 Å². The minimum Gasteiger partial charge on any atom is -0.493 e. The van der Waals surface area contributed by atoms with Crippen molar-refractivity contribution in [3.63, 3.8) is 0 Å². The number of rotatable bonds is 6. The van der Waals surface area contributed by atoms with Crippen LogP contribution in [-0.4, -0.2) is 56.1 Å². The molecular weight excluding hydrogens is 362 g/mol. The molecule has 1 saturated heterocycles. The molecule has 148 valence electrons. The number of nitrogens with one attached hydrogen (secondary N) is 1. The molecule has 2 aromatic rings. The van der Waals surface area contributed by atoms with Gasteiger partial charge in [0.05, 0.1) is 21.3 Å². The largest absolute Gasteiger partial charge is 0.493 e. The molecule has 2 heterocycles. The summed E-state index contributed by atoms with van der Waals surface area (Å²) in [5.74, 6) is 0.677. The van der Waals surface area contributed by atoms with Crippen molar-refractivity contribution in [1.29, 1.82) is 0 Å². The molecule has 1 aliphatic heterocycles. The third kappa shape index (κ3) is 4.00. The second-order valence-corrected chi connectivity index (χ2v) is 6.28. The number of likely N-dealkylation sites (tertiary alicyclic amines) is 1. The molecule has 8 heteroatoms. The van der Waals surface area contributed by atoms with E-state index in [9.17, 15) is 9.59 Å². The number of pyridine rings is 1. The minimum atomic E-state index is -0.439. The molecule has 1 fully saturated rings. The van der Waals surface area contributed by atoms with Gasteiger partial charge in [-0.15, -0.1) is 0 Å². The fraction of sp³-hybridized carbons (Fsp3) is 0.350. The Bertz CT molecular complexity index is 853. The number of carbonyl (C=O) groups excluding carboxylic acids is 2. The number of ether oxygens (including phenoxy) is 3. The number of methoxy groups -OCH3 is 3. The van der Waals surface area contributed by atoms with Crippen molar-refractivity contribution < 1.29 is 23.8 Å². The maximum absolute atomic E-state index is 12.7. The van der Waals surface area contributed by atoms with Crippen LogP contribution in [0.2, 0.25) is 0 Å². The molecule has 1 aliphatic rings. The molecule has 1 N–H and O–H groups in total. The monoisotopic (exact) mass is 385 g/mol. The third-order valence-corrected chi connectivity index (χ3v) is 4.52. The van der Waals surface area contributed by atoms with Gasteiger partial charge >= 0.3 is 0 Å². The Morgan fingerprint density at radius 3 is 2.14 bits per heavy atom. The maximum atomic E-state index is 12.7. The maximum Gasteiger partial charge on any atom is 0.274 e. The van der Waals surface area contributed by atoms with E-state index >= 15 is 0 Å². The fourth-order valence-electron chi connectivity index (χ4n) is 3.11. The SMILES string of the molecule is COc1cc(NC(=O)c2cccc(C(=O)N3CCCC3)n2)cc(OC)c1OC. The van der Waals surface area contributed by atoms with E-state index in [1.165, 1.54) is 21.3 Å². The van der Waals surface area contributed by atoms with E-state index in [1.54, 1.807) is 35.2 Å². The summed E-state index contributed by atoms with van der Waals surface area (Å²) in [4.78, 5) is 31.1. The summed E-state index contributed by atoms with van der Waals surface area (Å²) in [6, 6.07) is 8.09. The van der Waals surface area contributed by atoms with E-state index in [-0.39, 0.29) is 17.3 Å². The molecule has 2 amide bonds. The number of hydrogen-bond acceptors (Lipinski definition) is 6. The van der Waals surface area contributed by atoms with Crippen LogP contribution in [0.15, 0.2) is 30.3 Å². The van der Waals surface area contributed by atoms with Crippen LogP contribution < -0.4 is 19.5 Å². The van der Waals surface area contributed by atoms with Gasteiger partial charge in [0.25, 0.3) is 11.8 Å². The van der Waals surface area contributed by atoms with Crippen LogP contribution in [0.5, 0.6) is 17.2 Å². The highest BCUT2D eigenvalue weighted by molar-refractivity contribution is 6.04. The average Bonchev–Trinajstić information content (AvgIpc) is 3.27. The lowest BCUT2D eigenvalue weighted by molar-refractivity contribution is 0.0787. The van der Waals surface area contributed by atoms with Gasteiger partial charge in [-0.3, -0.25) is 9.59 Å². The van der Waals surface area contributed by atoms with Gasteiger partial charge in [-0.05, 0) is 25.0 Å². The van der Waals surface area contributed by atoms with Crippen molar-refractivity contribution in [2.24, 2.45) is 0 Å². The number of benzene rings is 1. The predicted molar refractivity (Wildman–Crippen MR) is 103 cm³/mol. The van der Waals surface area contributed by atoms with Crippen molar-refractivity contribution >= 4 is 17.5 Å². The van der Waals surface area contributed by atoms with Crippen LogP contribution in [0, 0.1) is 0 Å². The molecule has 0 saturated carbocycles. The van der Waals surface area contributed by atoms with Gasteiger partial charge < -0.3 is 24.4 Å². The molecule has 0 atom stereocenters. The Morgan fingerprint density at radius 2 is 1.57 bits per heavy atom. The zero-order chi connectivity index (χ0) is 20.1. The Morgan fingerprint density at radius 1 is 0.964 bits per heavy atom. The summed E-state index contributed by atoms with van der Waals surface area (Å²) in [6.45, 7) is 1.45. The number of carbonyl (C=O) groups is 2. The molecular formula is C20H23N3O5. The average molecular weight is 385 g/mol. The van der Waals surface area contributed by atoms with Gasteiger partial charge in [-0.1, -0.05) is 6.07 Å². The molecule has 0 unspecified atom stereocenters. The molecule has 0 radical (unpaired) electrons. The molecule has 3 rings (SSSR count). The van der Waals surface area contributed by atoms with E-state index < -0.39 is 5.91 Å². The van der Waals surface area contributed by atoms with Gasteiger partial charge in [0.15, 0.2) is 11.5 Å². The first-order valence-electron chi connectivity index (χ1n) is 8.95. The quantitative estimate of drug-likeness (QED) is 0.822. The first-order chi connectivity index (χ1) is 13.6. The highest BCUT2D eigenvalue weighted by Crippen LogP contribution is 2.40. The smallest absolute Gasteiger partial charge is 0.274 e. The van der Waals surface area contributed by atoms with Crippen LogP contribution in [0.4, 0.5) is 5.69 Å². The molecule has 28 heavy (non-hydrogen) atoms. The van der Waals surface area contributed by atoms with Crippen molar-refractivity contribution in [2.75, 3.05) is 39.7 Å². The summed E-state index contributed by atoms with van der Waals surface area (Å²) >= 11 is 0. The van der Waals surface area contributed by atoms with E-state index in [2.05, 4.69) is 10.3 Å². The van der Waals surface area contributed by atoms with Gasteiger partial charge in [-0.25, -0.2) is 4.98 Å². The molecule has 0 bridgehead atoms. The number of aromatic nitrogens is 1. The standard InChI is InChI=1S/C20H23N3O5/c1-26-16-11-13(12-17(27-2)18(16)28-3)21-19(24)14-7-6-8-15(22-14)20(25)23-9-4-5-10-23/h6-8,11-12H,4-5,9-10H2,1-3H3,(H,21,24). The number of nitrogens with zero attached hydrogens (tertiary/aromatic N) is 2. The highest BCUT2D eigenvalue weighted by Gasteiger charge is 2.22. The number of hydrogen-bond donors (Lipinski definition) is 1. The van der Waals surface area contributed by atoms with Gasteiger partial charge in [-0.2, -0.15) is 0 Å². The summed E-state index contributed by atoms with van der Waals surface area (Å²) in [5.41, 5.74) is 0.871. The van der Waals surface area contributed by atoms with E-state index in [1.807, 2.05) is 0 Å². The van der Waals surface area contributed by atoms with Crippen molar-refractivity contribution in [3.05, 3.63) is 41.7 Å². The van der Waals surface area contributed by atoms with Gasteiger partial charge in [0, 0.05) is 30.9 Å². The van der Waals surface area contributed by atoms with Crippen LogP contribution in [0.25, 0.3) is 0 Å². The first-order valence-corrected chi connectivity index (χ1v) is 8.95. The molecule has 1 aromatic carbocycles. The van der Waals surface area contributed by atoms with E-state index in [0.29, 0.717) is 22.9 Å². The van der Waals surface area contributed by atoms with E-state index in [0.717, 1.165) is 25.9 Å². The van der Waals surface area contributed by atoms with E-state index in [4.69, 9.17) is 14.2 Å². The second kappa shape index (κ2) is 8.60. The minimum absolute atomic E-state index is 0.152. The summed E-state index contributed by atoms with van der Waals surface area (Å²) < 4.78 is 15.9. The van der Waals surface area contributed by atoms with Crippen LogP contribution in [0.3, 0.4) is 0 Å². The van der Waals surface area contributed by atoms with Crippen molar-refractivity contribution in [1.82, 2.24) is 9.88 Å². The predicted octanol–water partition coefficient (Wildman–Crippen LogP) is 2.60. The molecule has 1 aromatic heterocycles. The Hall–Kier alpha value is -3.29. The molecule has 0 spiro atoms. The fourth-order valence-corrected chi connectivity index (χ4v) is 3.11. The highest BCUT2D eigenvalue weighted by atomic mass is 16.5. The molecule has 0 aliphatic carbocycles. The van der Waals surface area contributed by atoms with Gasteiger partial charge in [0.1, 0.15) is 11.4 Å². The topological polar surface area (TPSA) is 90.0 Å². The first kappa shape index (κ1) is 19.5. The lowest BCUT2D eigenvalue weighted by Gasteiger charge is -2.15. The lowest BCUT2D eigenvalue weighted by atomic mass is 10.2. The summed E-state index contributed by atoms with van der Waals surface area (Å²) in [5, 5.41) is 2.75. The zero-order valence-corrected chi connectivity index (χ0v) is 16.2. The van der Waals surface area contributed by atoms with Crippen LogP contribution >= 0.6 is 0 Å². The summed E-state index contributed by atoms with van der Waals surface area (Å²) in [6.07, 6.45) is 1.99.